The average Bonchev–Trinajstić information content (AvgIpc) is 2.76. The van der Waals surface area contributed by atoms with Gasteiger partial charge in [-0.1, -0.05) is 12.1 Å². The van der Waals surface area contributed by atoms with E-state index in [2.05, 4.69) is 5.32 Å². The number of amides is 1. The first-order valence-corrected chi connectivity index (χ1v) is 9.06. The first kappa shape index (κ1) is 22.6. The predicted octanol–water partition coefficient (Wildman–Crippen LogP) is 3.30. The first-order chi connectivity index (χ1) is 14.4. The Hall–Kier alpha value is -3.68. The maximum absolute atomic E-state index is 12.3. The van der Waals surface area contributed by atoms with Crippen molar-refractivity contribution in [1.29, 1.82) is 0 Å². The van der Waals surface area contributed by atoms with Crippen LogP contribution in [0.4, 0.5) is 5.69 Å². The molecule has 0 aliphatic carbocycles. The van der Waals surface area contributed by atoms with Gasteiger partial charge in [0.1, 0.15) is 5.75 Å². The summed E-state index contributed by atoms with van der Waals surface area (Å²) in [6, 6.07) is 10.3. The topological polar surface area (TPSA) is 92.3 Å². The Morgan fingerprint density at radius 2 is 1.50 bits per heavy atom. The van der Waals surface area contributed by atoms with Gasteiger partial charge in [0.25, 0.3) is 5.91 Å². The Kier molecular flexibility index (Phi) is 8.10. The molecule has 0 aliphatic heterocycles. The normalized spacial score (nSPS) is 11.5. The summed E-state index contributed by atoms with van der Waals surface area (Å²) in [5.74, 6) is 0.706. The molecule has 1 amide bonds. The fourth-order valence-electron chi connectivity index (χ4n) is 2.61. The van der Waals surface area contributed by atoms with Crippen molar-refractivity contribution < 1.29 is 33.3 Å². The Labute approximate surface area is 175 Å². The number of rotatable bonds is 9. The van der Waals surface area contributed by atoms with Crippen molar-refractivity contribution >= 4 is 23.6 Å². The van der Waals surface area contributed by atoms with Crippen LogP contribution in [0, 0.1) is 0 Å². The van der Waals surface area contributed by atoms with Crippen LogP contribution in [-0.2, 0) is 14.3 Å². The second-order valence-electron chi connectivity index (χ2n) is 6.06. The van der Waals surface area contributed by atoms with Crippen molar-refractivity contribution in [2.45, 2.75) is 13.0 Å². The van der Waals surface area contributed by atoms with E-state index in [1.54, 1.807) is 36.4 Å². The van der Waals surface area contributed by atoms with Gasteiger partial charge in [-0.15, -0.1) is 0 Å². The maximum Gasteiger partial charge on any atom is 0.331 e. The molecular weight excluding hydrogens is 390 g/mol. The third-order valence-corrected chi connectivity index (χ3v) is 4.13. The second-order valence-corrected chi connectivity index (χ2v) is 6.06. The van der Waals surface area contributed by atoms with Crippen molar-refractivity contribution in [3.8, 4) is 23.0 Å². The molecule has 30 heavy (non-hydrogen) atoms. The van der Waals surface area contributed by atoms with E-state index in [1.807, 2.05) is 0 Å². The summed E-state index contributed by atoms with van der Waals surface area (Å²) in [5.41, 5.74) is 1.12. The van der Waals surface area contributed by atoms with Gasteiger partial charge >= 0.3 is 5.97 Å². The van der Waals surface area contributed by atoms with Crippen LogP contribution in [0.1, 0.15) is 12.5 Å². The zero-order valence-corrected chi connectivity index (χ0v) is 17.6. The molecule has 8 nitrogen and oxygen atoms in total. The molecule has 0 spiro atoms. The van der Waals surface area contributed by atoms with Crippen LogP contribution in [0.15, 0.2) is 42.5 Å². The molecule has 0 aliphatic rings. The van der Waals surface area contributed by atoms with E-state index < -0.39 is 18.0 Å². The Balaban J connectivity index is 2.04. The fourth-order valence-corrected chi connectivity index (χ4v) is 2.61. The number of nitrogens with one attached hydrogen (secondary N) is 1. The molecule has 160 valence electrons. The van der Waals surface area contributed by atoms with E-state index in [-0.39, 0.29) is 0 Å². The highest BCUT2D eigenvalue weighted by Gasteiger charge is 2.18. The van der Waals surface area contributed by atoms with Crippen LogP contribution in [0.5, 0.6) is 23.0 Å². The maximum atomic E-state index is 12.3. The summed E-state index contributed by atoms with van der Waals surface area (Å²) in [6.07, 6.45) is 1.73. The van der Waals surface area contributed by atoms with E-state index in [0.29, 0.717) is 34.2 Å². The number of methoxy groups -OCH3 is 4. The van der Waals surface area contributed by atoms with Crippen molar-refractivity contribution in [2.75, 3.05) is 33.8 Å². The van der Waals surface area contributed by atoms with Crippen LogP contribution in [0.25, 0.3) is 6.08 Å². The lowest BCUT2D eigenvalue weighted by Gasteiger charge is -2.14. The predicted molar refractivity (Wildman–Crippen MR) is 112 cm³/mol. The minimum Gasteiger partial charge on any atom is -0.495 e. The lowest BCUT2D eigenvalue weighted by molar-refractivity contribution is -0.148. The fraction of sp³-hybridized carbons (Fsp3) is 0.273. The quantitative estimate of drug-likeness (QED) is 0.496. The SMILES string of the molecule is COc1ccccc1NC(=O)C(C)OC(=O)/C=C/c1cc(OC)c(OC)c(OC)c1. The van der Waals surface area contributed by atoms with Gasteiger partial charge in [-0.05, 0) is 42.8 Å². The van der Waals surface area contributed by atoms with E-state index in [4.69, 9.17) is 23.7 Å². The van der Waals surface area contributed by atoms with Gasteiger partial charge in [-0.25, -0.2) is 4.79 Å². The highest BCUT2D eigenvalue weighted by atomic mass is 16.5. The van der Waals surface area contributed by atoms with Gasteiger partial charge in [0.05, 0.1) is 34.1 Å². The molecular formula is C22H25NO7. The standard InChI is InChI=1S/C22H25NO7/c1-14(22(25)23-16-8-6-7-9-17(16)26-2)30-20(24)11-10-15-12-18(27-3)21(29-5)19(13-15)28-4/h6-14H,1-5H3,(H,23,25)/b11-10+. The number of hydrogen-bond acceptors (Lipinski definition) is 7. The minimum atomic E-state index is -1.01. The van der Waals surface area contributed by atoms with Crippen LogP contribution >= 0.6 is 0 Å². The summed E-state index contributed by atoms with van der Waals surface area (Å²) in [7, 11) is 6.01. The minimum absolute atomic E-state index is 0.446. The number of benzene rings is 2. The van der Waals surface area contributed by atoms with E-state index >= 15 is 0 Å². The summed E-state index contributed by atoms with van der Waals surface area (Å²) in [6.45, 7) is 1.48. The largest absolute Gasteiger partial charge is 0.495 e. The molecule has 0 saturated heterocycles. The molecule has 2 aromatic rings. The number of esters is 1. The van der Waals surface area contributed by atoms with Gasteiger partial charge in [0, 0.05) is 6.08 Å². The molecule has 0 bridgehead atoms. The molecule has 1 unspecified atom stereocenters. The molecule has 0 aromatic heterocycles. The Morgan fingerprint density at radius 1 is 0.900 bits per heavy atom. The van der Waals surface area contributed by atoms with Crippen LogP contribution in [-0.4, -0.2) is 46.4 Å². The Bertz CT molecular complexity index is 898. The van der Waals surface area contributed by atoms with Gasteiger partial charge in [0.15, 0.2) is 17.6 Å². The molecule has 0 heterocycles. The summed E-state index contributed by atoms with van der Waals surface area (Å²) in [4.78, 5) is 24.5. The molecule has 1 atom stereocenters. The smallest absolute Gasteiger partial charge is 0.331 e. The molecule has 0 saturated carbocycles. The summed E-state index contributed by atoms with van der Waals surface area (Å²) < 4.78 is 26.2. The zero-order valence-electron chi connectivity index (χ0n) is 17.6. The lowest BCUT2D eigenvalue weighted by Crippen LogP contribution is -2.29. The third kappa shape index (κ3) is 5.66. The van der Waals surface area contributed by atoms with Crippen LogP contribution in [0.3, 0.4) is 0 Å². The molecule has 2 aromatic carbocycles. The Morgan fingerprint density at radius 3 is 2.07 bits per heavy atom. The van der Waals surface area contributed by atoms with E-state index in [9.17, 15) is 9.59 Å². The first-order valence-electron chi connectivity index (χ1n) is 9.06. The van der Waals surface area contributed by atoms with Crippen molar-refractivity contribution in [2.24, 2.45) is 0 Å². The third-order valence-electron chi connectivity index (χ3n) is 4.13. The van der Waals surface area contributed by atoms with Gasteiger partial charge in [0.2, 0.25) is 5.75 Å². The molecule has 0 fully saturated rings. The van der Waals surface area contributed by atoms with Crippen LogP contribution < -0.4 is 24.3 Å². The summed E-state index contributed by atoms with van der Waals surface area (Å²) >= 11 is 0. The molecule has 8 heteroatoms. The highest BCUT2D eigenvalue weighted by Crippen LogP contribution is 2.38. The number of para-hydroxylation sites is 2. The molecule has 0 radical (unpaired) electrons. The van der Waals surface area contributed by atoms with Gasteiger partial charge in [-0.2, -0.15) is 0 Å². The van der Waals surface area contributed by atoms with Crippen molar-refractivity contribution in [3.05, 3.63) is 48.0 Å². The zero-order chi connectivity index (χ0) is 22.1. The van der Waals surface area contributed by atoms with Gasteiger partial charge < -0.3 is 29.0 Å². The average molecular weight is 415 g/mol. The van der Waals surface area contributed by atoms with Crippen LogP contribution in [0.2, 0.25) is 0 Å². The summed E-state index contributed by atoms with van der Waals surface area (Å²) in [5, 5.41) is 2.67. The number of hydrogen-bond donors (Lipinski definition) is 1. The lowest BCUT2D eigenvalue weighted by atomic mass is 10.1. The van der Waals surface area contributed by atoms with E-state index in [0.717, 1.165) is 0 Å². The molecule has 2 rings (SSSR count). The number of ether oxygens (including phenoxy) is 5. The number of carbonyl (C=O) groups excluding carboxylic acids is 2. The van der Waals surface area contributed by atoms with Gasteiger partial charge in [-0.3, -0.25) is 4.79 Å². The number of carbonyl (C=O) groups is 2. The van der Waals surface area contributed by atoms with E-state index in [1.165, 1.54) is 47.5 Å². The number of anilines is 1. The highest BCUT2D eigenvalue weighted by molar-refractivity contribution is 5.97. The van der Waals surface area contributed by atoms with Crippen molar-refractivity contribution in [1.82, 2.24) is 0 Å². The monoisotopic (exact) mass is 415 g/mol. The second kappa shape index (κ2) is 10.8. The molecule has 1 N–H and O–H groups in total. The van der Waals surface area contributed by atoms with Crippen molar-refractivity contribution in [3.63, 3.8) is 0 Å².